The Bertz CT molecular complexity index is 481. The molecule has 0 spiro atoms. The largest absolute Gasteiger partial charge is 0.388 e. The van der Waals surface area contributed by atoms with Gasteiger partial charge in [-0.1, -0.05) is 60.7 Å². The van der Waals surface area contributed by atoms with Crippen molar-refractivity contribution in [3.05, 3.63) is 71.8 Å². The zero-order valence-electron chi connectivity index (χ0n) is 11.5. The van der Waals surface area contributed by atoms with Crippen LogP contribution >= 0.6 is 0 Å². The highest BCUT2D eigenvalue weighted by molar-refractivity contribution is 5.27. The lowest BCUT2D eigenvalue weighted by atomic mass is 9.89. The van der Waals surface area contributed by atoms with Crippen LogP contribution in [0, 0.1) is 0 Å². The van der Waals surface area contributed by atoms with Crippen LogP contribution in [0.5, 0.6) is 0 Å². The van der Waals surface area contributed by atoms with Gasteiger partial charge in [0.05, 0.1) is 6.10 Å². The zero-order valence-corrected chi connectivity index (χ0v) is 11.5. The van der Waals surface area contributed by atoms with Crippen molar-refractivity contribution in [2.24, 2.45) is 0 Å². The third kappa shape index (κ3) is 3.66. The van der Waals surface area contributed by atoms with Gasteiger partial charge in [0.15, 0.2) is 0 Å². The van der Waals surface area contributed by atoms with E-state index in [9.17, 15) is 5.11 Å². The summed E-state index contributed by atoms with van der Waals surface area (Å²) >= 11 is 0. The molecule has 1 N–H and O–H groups in total. The molecular weight excluding hydrogens is 234 g/mol. The lowest BCUT2D eigenvalue weighted by Crippen LogP contribution is -2.25. The molecule has 100 valence electrons. The third-order valence-electron chi connectivity index (χ3n) is 3.31. The summed E-state index contributed by atoms with van der Waals surface area (Å²) in [6.45, 7) is 0.820. The molecule has 2 nitrogen and oxygen atoms in total. The second-order valence-corrected chi connectivity index (χ2v) is 5.13. The molecular formula is C17H21NO. The lowest BCUT2D eigenvalue weighted by molar-refractivity contribution is 0.129. The molecule has 0 radical (unpaired) electrons. The maximum atomic E-state index is 10.7. The smallest absolute Gasteiger partial charge is 0.0870 e. The van der Waals surface area contributed by atoms with Crippen molar-refractivity contribution < 1.29 is 5.11 Å². The van der Waals surface area contributed by atoms with Crippen molar-refractivity contribution in [1.82, 2.24) is 4.90 Å². The van der Waals surface area contributed by atoms with Gasteiger partial charge in [-0.15, -0.1) is 0 Å². The zero-order chi connectivity index (χ0) is 13.7. The van der Waals surface area contributed by atoms with Gasteiger partial charge in [0.1, 0.15) is 0 Å². The summed E-state index contributed by atoms with van der Waals surface area (Å²) in [5, 5.41) is 10.7. The first-order valence-electron chi connectivity index (χ1n) is 6.61. The van der Waals surface area contributed by atoms with Gasteiger partial charge in [0, 0.05) is 12.5 Å². The topological polar surface area (TPSA) is 23.5 Å². The molecule has 0 fully saturated rings. The first-order chi connectivity index (χ1) is 9.18. The quantitative estimate of drug-likeness (QED) is 0.887. The molecule has 2 atom stereocenters. The van der Waals surface area contributed by atoms with Crippen LogP contribution in [-0.4, -0.2) is 30.6 Å². The molecule has 19 heavy (non-hydrogen) atoms. The Kier molecular flexibility index (Phi) is 4.72. The highest BCUT2D eigenvalue weighted by atomic mass is 16.3. The van der Waals surface area contributed by atoms with Gasteiger partial charge < -0.3 is 10.0 Å². The van der Waals surface area contributed by atoms with E-state index in [1.165, 1.54) is 5.56 Å². The first-order valence-corrected chi connectivity index (χ1v) is 6.61. The normalized spacial score (nSPS) is 14.3. The Balaban J connectivity index is 2.28. The highest BCUT2D eigenvalue weighted by Gasteiger charge is 2.23. The molecule has 0 bridgehead atoms. The Morgan fingerprint density at radius 1 is 0.842 bits per heavy atom. The Morgan fingerprint density at radius 2 is 1.32 bits per heavy atom. The van der Waals surface area contributed by atoms with E-state index in [2.05, 4.69) is 17.0 Å². The molecule has 0 aromatic heterocycles. The van der Waals surface area contributed by atoms with Crippen molar-refractivity contribution in [1.29, 1.82) is 0 Å². The van der Waals surface area contributed by atoms with Crippen LogP contribution in [0.4, 0.5) is 0 Å². The van der Waals surface area contributed by atoms with E-state index in [0.717, 1.165) is 12.1 Å². The molecule has 0 saturated carbocycles. The maximum Gasteiger partial charge on any atom is 0.0870 e. The molecule has 2 aromatic carbocycles. The number of hydrogen-bond acceptors (Lipinski definition) is 2. The number of nitrogens with zero attached hydrogens (tertiary/aromatic N) is 1. The minimum Gasteiger partial charge on any atom is -0.388 e. The molecule has 0 unspecified atom stereocenters. The van der Waals surface area contributed by atoms with Gasteiger partial charge in [-0.25, -0.2) is 0 Å². The lowest BCUT2D eigenvalue weighted by Gasteiger charge is -2.26. The Morgan fingerprint density at radius 3 is 1.79 bits per heavy atom. The van der Waals surface area contributed by atoms with Crippen LogP contribution in [-0.2, 0) is 0 Å². The van der Waals surface area contributed by atoms with Crippen LogP contribution in [0.2, 0.25) is 0 Å². The second-order valence-electron chi connectivity index (χ2n) is 5.13. The van der Waals surface area contributed by atoms with Gasteiger partial charge in [0.25, 0.3) is 0 Å². The Hall–Kier alpha value is -1.64. The average Bonchev–Trinajstić information content (AvgIpc) is 2.46. The van der Waals surface area contributed by atoms with Crippen molar-refractivity contribution in [2.45, 2.75) is 12.0 Å². The average molecular weight is 255 g/mol. The van der Waals surface area contributed by atoms with Crippen LogP contribution in [0.1, 0.15) is 23.1 Å². The van der Waals surface area contributed by atoms with Gasteiger partial charge >= 0.3 is 0 Å². The molecule has 0 aliphatic heterocycles. The fourth-order valence-corrected chi connectivity index (χ4v) is 2.36. The number of aliphatic hydroxyl groups excluding tert-OH is 1. The molecule has 2 aromatic rings. The van der Waals surface area contributed by atoms with Gasteiger partial charge in [-0.05, 0) is 25.2 Å². The van der Waals surface area contributed by atoms with Crippen LogP contribution < -0.4 is 0 Å². The number of hydrogen-bond donors (Lipinski definition) is 1. The fraction of sp³-hybridized carbons (Fsp3) is 0.294. The van der Waals surface area contributed by atoms with E-state index in [-0.39, 0.29) is 5.92 Å². The summed E-state index contributed by atoms with van der Waals surface area (Å²) in [5.41, 5.74) is 2.14. The predicted octanol–water partition coefficient (Wildman–Crippen LogP) is 3.07. The van der Waals surface area contributed by atoms with Gasteiger partial charge in [-0.2, -0.15) is 0 Å². The number of benzene rings is 2. The number of likely N-dealkylation sites (N-methyl/N-ethyl adjacent to an activating group) is 1. The Labute approximate surface area is 115 Å². The molecule has 2 heteroatoms. The van der Waals surface area contributed by atoms with E-state index in [1.54, 1.807) is 0 Å². The van der Waals surface area contributed by atoms with E-state index in [1.807, 2.05) is 62.6 Å². The molecule has 0 saturated heterocycles. The number of rotatable bonds is 5. The van der Waals surface area contributed by atoms with Crippen molar-refractivity contribution in [3.8, 4) is 0 Å². The summed E-state index contributed by atoms with van der Waals surface area (Å²) in [6, 6.07) is 20.1. The molecule has 0 aliphatic carbocycles. The number of aliphatic hydroxyl groups is 1. The molecule has 0 aliphatic rings. The fourth-order valence-electron chi connectivity index (χ4n) is 2.36. The van der Waals surface area contributed by atoms with E-state index in [0.29, 0.717) is 0 Å². The van der Waals surface area contributed by atoms with Gasteiger partial charge in [-0.3, -0.25) is 0 Å². The monoisotopic (exact) mass is 255 g/mol. The first kappa shape index (κ1) is 13.8. The molecule has 2 rings (SSSR count). The predicted molar refractivity (Wildman–Crippen MR) is 79.1 cm³/mol. The standard InChI is InChI=1S/C17H21NO/c1-18(2)13-16(14-9-5-3-6-10-14)17(19)15-11-7-4-8-12-15/h3-12,16-17,19H,13H2,1-2H3/t16-,17+/m1/s1. The summed E-state index contributed by atoms with van der Waals surface area (Å²) in [7, 11) is 4.07. The summed E-state index contributed by atoms with van der Waals surface area (Å²) in [4.78, 5) is 2.11. The minimum absolute atomic E-state index is 0.0820. The van der Waals surface area contributed by atoms with Crippen molar-refractivity contribution in [2.75, 3.05) is 20.6 Å². The summed E-state index contributed by atoms with van der Waals surface area (Å²) < 4.78 is 0. The minimum atomic E-state index is -0.481. The van der Waals surface area contributed by atoms with Crippen molar-refractivity contribution >= 4 is 0 Å². The van der Waals surface area contributed by atoms with Crippen LogP contribution in [0.15, 0.2) is 60.7 Å². The summed E-state index contributed by atoms with van der Waals surface area (Å²) in [6.07, 6.45) is -0.481. The molecule has 0 heterocycles. The maximum absolute atomic E-state index is 10.7. The van der Waals surface area contributed by atoms with E-state index >= 15 is 0 Å². The van der Waals surface area contributed by atoms with E-state index in [4.69, 9.17) is 0 Å². The third-order valence-corrected chi connectivity index (χ3v) is 3.31. The van der Waals surface area contributed by atoms with Gasteiger partial charge in [0.2, 0.25) is 0 Å². The summed E-state index contributed by atoms with van der Waals surface area (Å²) in [5.74, 6) is 0.0820. The highest BCUT2D eigenvalue weighted by Crippen LogP contribution is 2.31. The van der Waals surface area contributed by atoms with E-state index < -0.39 is 6.10 Å². The molecule has 0 amide bonds. The van der Waals surface area contributed by atoms with Crippen LogP contribution in [0.3, 0.4) is 0 Å². The van der Waals surface area contributed by atoms with Crippen LogP contribution in [0.25, 0.3) is 0 Å². The SMILES string of the molecule is CN(C)C[C@H](c1ccccc1)[C@@H](O)c1ccccc1. The second kappa shape index (κ2) is 6.50. The van der Waals surface area contributed by atoms with Crippen molar-refractivity contribution in [3.63, 3.8) is 0 Å².